The van der Waals surface area contributed by atoms with E-state index in [1.807, 2.05) is 37.3 Å². The van der Waals surface area contributed by atoms with E-state index >= 15 is 0 Å². The van der Waals surface area contributed by atoms with Crippen LogP contribution in [0.1, 0.15) is 11.1 Å². The quantitative estimate of drug-likeness (QED) is 0.556. The molecule has 2 aromatic carbocycles. The van der Waals surface area contributed by atoms with Crippen molar-refractivity contribution in [3.05, 3.63) is 88.4 Å². The SMILES string of the molecule is Cc1ccc2occ(/C=C/C(=O)Nc3cccc4cccnc34)c(=O)c2c1. The number of aryl methyl sites for hydroxylation is 1. The Balaban J connectivity index is 1.61. The normalized spacial score (nSPS) is 11.3. The van der Waals surface area contributed by atoms with Crippen molar-refractivity contribution in [3.8, 4) is 0 Å². The molecule has 0 unspecified atom stereocenters. The molecule has 0 aliphatic heterocycles. The number of hydrogen-bond acceptors (Lipinski definition) is 4. The van der Waals surface area contributed by atoms with Crippen LogP contribution in [0.4, 0.5) is 5.69 Å². The molecule has 0 fully saturated rings. The Morgan fingerprint density at radius 1 is 1.15 bits per heavy atom. The van der Waals surface area contributed by atoms with Crippen molar-refractivity contribution in [1.29, 1.82) is 0 Å². The van der Waals surface area contributed by atoms with Crippen LogP contribution in [0.2, 0.25) is 0 Å². The number of nitrogens with zero attached hydrogens (tertiary/aromatic N) is 1. The highest BCUT2D eigenvalue weighted by Gasteiger charge is 2.07. The van der Waals surface area contributed by atoms with E-state index in [4.69, 9.17) is 4.42 Å². The summed E-state index contributed by atoms with van der Waals surface area (Å²) in [6.45, 7) is 1.91. The predicted octanol–water partition coefficient (Wildman–Crippen LogP) is 4.30. The molecule has 0 aliphatic carbocycles. The number of nitrogens with one attached hydrogen (secondary N) is 1. The summed E-state index contributed by atoms with van der Waals surface area (Å²) in [5, 5.41) is 4.23. The maximum atomic E-state index is 12.6. The average molecular weight is 356 g/mol. The Hall–Kier alpha value is -3.73. The molecule has 0 radical (unpaired) electrons. The molecule has 2 heterocycles. The van der Waals surface area contributed by atoms with Gasteiger partial charge in [-0.15, -0.1) is 0 Å². The molecule has 1 N–H and O–H groups in total. The number of hydrogen-bond donors (Lipinski definition) is 1. The van der Waals surface area contributed by atoms with Crippen molar-refractivity contribution in [3.63, 3.8) is 0 Å². The number of anilines is 1. The van der Waals surface area contributed by atoms with Gasteiger partial charge >= 0.3 is 0 Å². The minimum Gasteiger partial charge on any atom is -0.463 e. The van der Waals surface area contributed by atoms with Crippen molar-refractivity contribution >= 4 is 39.5 Å². The first-order chi connectivity index (χ1) is 13.1. The number of aromatic nitrogens is 1. The maximum absolute atomic E-state index is 12.6. The molecule has 0 saturated carbocycles. The summed E-state index contributed by atoms with van der Waals surface area (Å²) in [6, 6.07) is 14.8. The van der Waals surface area contributed by atoms with Crippen LogP contribution in [0.5, 0.6) is 0 Å². The van der Waals surface area contributed by atoms with Gasteiger partial charge in [-0.25, -0.2) is 0 Å². The fourth-order valence-corrected chi connectivity index (χ4v) is 2.92. The Morgan fingerprint density at radius 3 is 2.89 bits per heavy atom. The molecule has 2 aromatic heterocycles. The van der Waals surface area contributed by atoms with Crippen LogP contribution in [0.15, 0.2) is 76.3 Å². The molecule has 27 heavy (non-hydrogen) atoms. The minimum atomic E-state index is -0.350. The third-order valence-electron chi connectivity index (χ3n) is 4.26. The van der Waals surface area contributed by atoms with Gasteiger partial charge in [0.15, 0.2) is 5.43 Å². The fourth-order valence-electron chi connectivity index (χ4n) is 2.92. The first-order valence-electron chi connectivity index (χ1n) is 8.47. The van der Waals surface area contributed by atoms with Crippen LogP contribution in [0.3, 0.4) is 0 Å². The number of carbonyl (C=O) groups is 1. The summed E-state index contributed by atoms with van der Waals surface area (Å²) in [4.78, 5) is 29.2. The number of amides is 1. The molecular formula is C22H16N2O3. The zero-order valence-corrected chi connectivity index (χ0v) is 14.6. The summed E-state index contributed by atoms with van der Waals surface area (Å²) < 4.78 is 5.49. The van der Waals surface area contributed by atoms with Crippen LogP contribution in [0.25, 0.3) is 27.9 Å². The van der Waals surface area contributed by atoms with Gasteiger partial charge < -0.3 is 9.73 Å². The van der Waals surface area contributed by atoms with Crippen LogP contribution in [0, 0.1) is 6.92 Å². The lowest BCUT2D eigenvalue weighted by molar-refractivity contribution is -0.111. The topological polar surface area (TPSA) is 72.2 Å². The van der Waals surface area contributed by atoms with Crippen LogP contribution in [-0.4, -0.2) is 10.9 Å². The molecule has 0 atom stereocenters. The van der Waals surface area contributed by atoms with Gasteiger partial charge in [-0.1, -0.05) is 29.8 Å². The average Bonchev–Trinajstić information content (AvgIpc) is 2.68. The minimum absolute atomic E-state index is 0.171. The van der Waals surface area contributed by atoms with Gasteiger partial charge in [0.25, 0.3) is 0 Å². The number of benzene rings is 2. The van der Waals surface area contributed by atoms with E-state index in [2.05, 4.69) is 10.3 Å². The molecule has 0 spiro atoms. The zero-order valence-electron chi connectivity index (χ0n) is 14.6. The third kappa shape index (κ3) is 3.35. The molecule has 1 amide bonds. The Morgan fingerprint density at radius 2 is 2.00 bits per heavy atom. The molecule has 0 bridgehead atoms. The summed E-state index contributed by atoms with van der Waals surface area (Å²) in [5.74, 6) is -0.350. The van der Waals surface area contributed by atoms with Crippen LogP contribution >= 0.6 is 0 Å². The van der Waals surface area contributed by atoms with Gasteiger partial charge in [-0.05, 0) is 37.3 Å². The highest BCUT2D eigenvalue weighted by molar-refractivity contribution is 6.06. The van der Waals surface area contributed by atoms with Crippen molar-refractivity contribution in [2.45, 2.75) is 6.92 Å². The Labute approximate surface area is 155 Å². The molecule has 4 rings (SSSR count). The van der Waals surface area contributed by atoms with Crippen molar-refractivity contribution in [2.24, 2.45) is 0 Å². The summed E-state index contributed by atoms with van der Waals surface area (Å²) in [7, 11) is 0. The van der Waals surface area contributed by atoms with E-state index in [0.29, 0.717) is 27.7 Å². The van der Waals surface area contributed by atoms with Crippen molar-refractivity contribution < 1.29 is 9.21 Å². The summed E-state index contributed by atoms with van der Waals surface area (Å²) in [5.41, 5.74) is 2.97. The van der Waals surface area contributed by atoms with Gasteiger partial charge in [-0.2, -0.15) is 0 Å². The van der Waals surface area contributed by atoms with Gasteiger partial charge in [-0.3, -0.25) is 14.6 Å². The second kappa shape index (κ2) is 6.88. The maximum Gasteiger partial charge on any atom is 0.248 e. The molecular weight excluding hydrogens is 340 g/mol. The van der Waals surface area contributed by atoms with Gasteiger partial charge in [0.2, 0.25) is 5.91 Å². The van der Waals surface area contributed by atoms with E-state index in [1.54, 1.807) is 24.4 Å². The van der Waals surface area contributed by atoms with E-state index < -0.39 is 0 Å². The Kier molecular flexibility index (Phi) is 4.26. The second-order valence-corrected chi connectivity index (χ2v) is 6.22. The number of rotatable bonds is 3. The molecule has 0 saturated heterocycles. The van der Waals surface area contributed by atoms with E-state index in [1.165, 1.54) is 18.4 Å². The second-order valence-electron chi connectivity index (χ2n) is 6.22. The smallest absolute Gasteiger partial charge is 0.248 e. The first kappa shape index (κ1) is 16.7. The third-order valence-corrected chi connectivity index (χ3v) is 4.26. The predicted molar refractivity (Wildman–Crippen MR) is 107 cm³/mol. The molecule has 5 heteroatoms. The zero-order chi connectivity index (χ0) is 18.8. The van der Waals surface area contributed by atoms with Crippen molar-refractivity contribution in [2.75, 3.05) is 5.32 Å². The van der Waals surface area contributed by atoms with E-state index in [9.17, 15) is 9.59 Å². The lowest BCUT2D eigenvalue weighted by atomic mass is 10.1. The molecule has 132 valence electrons. The highest BCUT2D eigenvalue weighted by atomic mass is 16.3. The van der Waals surface area contributed by atoms with Gasteiger partial charge in [0.1, 0.15) is 11.8 Å². The first-order valence-corrected chi connectivity index (χ1v) is 8.47. The monoisotopic (exact) mass is 356 g/mol. The molecule has 4 aromatic rings. The standard InChI is InChI=1S/C22H16N2O3/c1-14-7-9-19-17(12-14)22(26)16(13-27-19)8-10-20(25)24-18-6-2-4-15-5-3-11-23-21(15)18/h2-13H,1H3,(H,24,25)/b10-8+. The van der Waals surface area contributed by atoms with Crippen LogP contribution in [-0.2, 0) is 4.79 Å². The number of carbonyl (C=O) groups excluding carboxylic acids is 1. The highest BCUT2D eigenvalue weighted by Crippen LogP contribution is 2.20. The van der Waals surface area contributed by atoms with Crippen molar-refractivity contribution in [1.82, 2.24) is 4.98 Å². The largest absolute Gasteiger partial charge is 0.463 e. The Bertz CT molecular complexity index is 1250. The number of para-hydroxylation sites is 1. The lowest BCUT2D eigenvalue weighted by Gasteiger charge is -2.05. The lowest BCUT2D eigenvalue weighted by Crippen LogP contribution is -2.10. The number of fused-ring (bicyclic) bond motifs is 2. The van der Waals surface area contributed by atoms with Crippen LogP contribution < -0.4 is 10.7 Å². The number of pyridine rings is 1. The van der Waals surface area contributed by atoms with Gasteiger partial charge in [0, 0.05) is 17.7 Å². The fraction of sp³-hybridized carbons (Fsp3) is 0.0455. The molecule has 5 nitrogen and oxygen atoms in total. The van der Waals surface area contributed by atoms with E-state index in [0.717, 1.165) is 10.9 Å². The van der Waals surface area contributed by atoms with Gasteiger partial charge in [0.05, 0.1) is 22.2 Å². The molecule has 0 aliphatic rings. The van der Waals surface area contributed by atoms with E-state index in [-0.39, 0.29) is 11.3 Å². The summed E-state index contributed by atoms with van der Waals surface area (Å²) >= 11 is 0. The summed E-state index contributed by atoms with van der Waals surface area (Å²) in [6.07, 6.45) is 5.82.